The van der Waals surface area contributed by atoms with Crippen LogP contribution in [0.25, 0.3) is 0 Å². The van der Waals surface area contributed by atoms with Gasteiger partial charge in [0.1, 0.15) is 6.29 Å². The number of hydrogen-bond acceptors (Lipinski definition) is 1. The molecular formula is C17H18O. The molecule has 0 spiro atoms. The summed E-state index contributed by atoms with van der Waals surface area (Å²) >= 11 is 0. The van der Waals surface area contributed by atoms with Gasteiger partial charge in [-0.2, -0.15) is 0 Å². The van der Waals surface area contributed by atoms with Gasteiger partial charge >= 0.3 is 0 Å². The second-order valence-electron chi connectivity index (χ2n) is 5.06. The van der Waals surface area contributed by atoms with E-state index in [-0.39, 0.29) is 5.41 Å². The van der Waals surface area contributed by atoms with Gasteiger partial charge in [0.05, 0.1) is 0 Å². The van der Waals surface area contributed by atoms with E-state index in [0.29, 0.717) is 6.42 Å². The third-order valence-electron chi connectivity index (χ3n) is 3.49. The highest BCUT2D eigenvalue weighted by Crippen LogP contribution is 2.31. The SMILES string of the molecule is CC(C)(c1ccccc1)c1ccc(CC=O)cc1. The lowest BCUT2D eigenvalue weighted by Gasteiger charge is -2.26. The predicted octanol–water partition coefficient (Wildman–Crippen LogP) is 3.75. The molecule has 0 unspecified atom stereocenters. The molecule has 0 heterocycles. The maximum Gasteiger partial charge on any atom is 0.124 e. The van der Waals surface area contributed by atoms with Crippen LogP contribution < -0.4 is 0 Å². The first-order valence-corrected chi connectivity index (χ1v) is 6.23. The summed E-state index contributed by atoms with van der Waals surface area (Å²) in [6.07, 6.45) is 1.43. The fraction of sp³-hybridized carbons (Fsp3) is 0.235. The highest BCUT2D eigenvalue weighted by molar-refractivity contribution is 5.55. The standard InChI is InChI=1S/C17H18O/c1-17(2,15-6-4-3-5-7-15)16-10-8-14(9-11-16)12-13-18/h3-11,13H,12H2,1-2H3. The van der Waals surface area contributed by atoms with Crippen LogP contribution in [0, 0.1) is 0 Å². The molecule has 92 valence electrons. The summed E-state index contributed by atoms with van der Waals surface area (Å²) in [5, 5.41) is 0. The maximum absolute atomic E-state index is 10.5. The monoisotopic (exact) mass is 238 g/mol. The molecule has 0 aliphatic heterocycles. The molecule has 0 radical (unpaired) electrons. The molecule has 18 heavy (non-hydrogen) atoms. The van der Waals surface area contributed by atoms with Crippen molar-refractivity contribution in [1.29, 1.82) is 0 Å². The van der Waals surface area contributed by atoms with Crippen LogP contribution in [0.5, 0.6) is 0 Å². The van der Waals surface area contributed by atoms with E-state index in [2.05, 4.69) is 50.2 Å². The van der Waals surface area contributed by atoms with Crippen LogP contribution in [0.4, 0.5) is 0 Å². The Labute approximate surface area is 108 Å². The summed E-state index contributed by atoms with van der Waals surface area (Å²) < 4.78 is 0. The molecule has 1 heteroatoms. The summed E-state index contributed by atoms with van der Waals surface area (Å²) in [5.41, 5.74) is 3.62. The zero-order chi connectivity index (χ0) is 13.0. The summed E-state index contributed by atoms with van der Waals surface area (Å²) in [6, 6.07) is 18.8. The Morgan fingerprint density at radius 3 is 2.00 bits per heavy atom. The van der Waals surface area contributed by atoms with E-state index in [4.69, 9.17) is 0 Å². The van der Waals surface area contributed by atoms with Gasteiger partial charge in [0.2, 0.25) is 0 Å². The van der Waals surface area contributed by atoms with E-state index in [1.807, 2.05) is 18.2 Å². The zero-order valence-electron chi connectivity index (χ0n) is 10.9. The summed E-state index contributed by atoms with van der Waals surface area (Å²) in [4.78, 5) is 10.5. The molecule has 0 saturated carbocycles. The zero-order valence-corrected chi connectivity index (χ0v) is 10.9. The van der Waals surface area contributed by atoms with Gasteiger partial charge in [-0.15, -0.1) is 0 Å². The smallest absolute Gasteiger partial charge is 0.124 e. The van der Waals surface area contributed by atoms with Crippen molar-refractivity contribution in [2.75, 3.05) is 0 Å². The molecular weight excluding hydrogens is 220 g/mol. The van der Waals surface area contributed by atoms with E-state index >= 15 is 0 Å². The highest BCUT2D eigenvalue weighted by atomic mass is 16.1. The molecule has 2 aromatic carbocycles. The Morgan fingerprint density at radius 2 is 1.44 bits per heavy atom. The van der Waals surface area contributed by atoms with Gasteiger partial charge in [-0.1, -0.05) is 68.4 Å². The molecule has 0 bridgehead atoms. The molecule has 0 atom stereocenters. The molecule has 0 aliphatic rings. The van der Waals surface area contributed by atoms with E-state index in [1.165, 1.54) is 11.1 Å². The number of carbonyl (C=O) groups is 1. The van der Waals surface area contributed by atoms with E-state index < -0.39 is 0 Å². The van der Waals surface area contributed by atoms with Gasteiger partial charge in [-0.05, 0) is 16.7 Å². The minimum absolute atomic E-state index is 0.0129. The topological polar surface area (TPSA) is 17.1 Å². The number of carbonyl (C=O) groups excluding carboxylic acids is 1. The second-order valence-corrected chi connectivity index (χ2v) is 5.06. The average Bonchev–Trinajstić information content (AvgIpc) is 2.41. The number of benzene rings is 2. The summed E-state index contributed by atoms with van der Waals surface area (Å²) in [7, 11) is 0. The van der Waals surface area contributed by atoms with Gasteiger partial charge in [0.15, 0.2) is 0 Å². The van der Waals surface area contributed by atoms with Crippen LogP contribution in [0.1, 0.15) is 30.5 Å². The van der Waals surface area contributed by atoms with Crippen molar-refractivity contribution in [2.24, 2.45) is 0 Å². The van der Waals surface area contributed by atoms with Crippen molar-refractivity contribution in [3.8, 4) is 0 Å². The molecule has 2 rings (SSSR count). The molecule has 0 amide bonds. The van der Waals surface area contributed by atoms with Crippen LogP contribution in [0.3, 0.4) is 0 Å². The van der Waals surface area contributed by atoms with Crippen LogP contribution >= 0.6 is 0 Å². The molecule has 0 saturated heterocycles. The van der Waals surface area contributed by atoms with Gasteiger partial charge in [-0.25, -0.2) is 0 Å². The Hall–Kier alpha value is -1.89. The molecule has 1 nitrogen and oxygen atoms in total. The predicted molar refractivity (Wildman–Crippen MR) is 74.8 cm³/mol. The lowest BCUT2D eigenvalue weighted by atomic mass is 9.78. The number of aldehydes is 1. The van der Waals surface area contributed by atoms with Crippen molar-refractivity contribution < 1.29 is 4.79 Å². The summed E-state index contributed by atoms with van der Waals surface area (Å²) in [6.45, 7) is 4.44. The van der Waals surface area contributed by atoms with E-state index in [1.54, 1.807) is 0 Å². The lowest BCUT2D eigenvalue weighted by Crippen LogP contribution is -2.18. The third kappa shape index (κ3) is 2.51. The van der Waals surface area contributed by atoms with Crippen LogP contribution in [0.2, 0.25) is 0 Å². The van der Waals surface area contributed by atoms with Gasteiger partial charge in [-0.3, -0.25) is 0 Å². The van der Waals surface area contributed by atoms with Crippen molar-refractivity contribution in [1.82, 2.24) is 0 Å². The normalized spacial score (nSPS) is 11.2. The molecule has 0 fully saturated rings. The first-order chi connectivity index (χ1) is 8.64. The van der Waals surface area contributed by atoms with Gasteiger partial charge in [0, 0.05) is 11.8 Å². The fourth-order valence-electron chi connectivity index (χ4n) is 2.18. The summed E-state index contributed by atoms with van der Waals surface area (Å²) in [5.74, 6) is 0. The fourth-order valence-corrected chi connectivity index (χ4v) is 2.18. The van der Waals surface area contributed by atoms with Gasteiger partial charge in [0.25, 0.3) is 0 Å². The van der Waals surface area contributed by atoms with Crippen LogP contribution in [-0.4, -0.2) is 6.29 Å². The Balaban J connectivity index is 2.32. The molecule has 2 aromatic rings. The maximum atomic E-state index is 10.5. The Bertz CT molecular complexity index is 509. The molecule has 0 aliphatic carbocycles. The average molecular weight is 238 g/mol. The number of hydrogen-bond donors (Lipinski definition) is 0. The van der Waals surface area contributed by atoms with Crippen molar-refractivity contribution in [2.45, 2.75) is 25.7 Å². The Morgan fingerprint density at radius 1 is 0.889 bits per heavy atom. The van der Waals surface area contributed by atoms with Crippen molar-refractivity contribution in [3.63, 3.8) is 0 Å². The van der Waals surface area contributed by atoms with E-state index in [9.17, 15) is 4.79 Å². The van der Waals surface area contributed by atoms with Crippen LogP contribution in [0.15, 0.2) is 54.6 Å². The van der Waals surface area contributed by atoms with Crippen LogP contribution in [-0.2, 0) is 16.6 Å². The first kappa shape index (κ1) is 12.6. The lowest BCUT2D eigenvalue weighted by molar-refractivity contribution is -0.107. The van der Waals surface area contributed by atoms with Crippen molar-refractivity contribution >= 4 is 6.29 Å². The van der Waals surface area contributed by atoms with E-state index in [0.717, 1.165) is 11.8 Å². The highest BCUT2D eigenvalue weighted by Gasteiger charge is 2.22. The Kier molecular flexibility index (Phi) is 3.61. The van der Waals surface area contributed by atoms with Gasteiger partial charge < -0.3 is 4.79 Å². The number of rotatable bonds is 4. The second kappa shape index (κ2) is 5.18. The third-order valence-corrected chi connectivity index (χ3v) is 3.49. The molecule has 0 N–H and O–H groups in total. The largest absolute Gasteiger partial charge is 0.303 e. The quantitative estimate of drug-likeness (QED) is 0.741. The minimum Gasteiger partial charge on any atom is -0.303 e. The molecule has 0 aromatic heterocycles. The van der Waals surface area contributed by atoms with Crippen molar-refractivity contribution in [3.05, 3.63) is 71.3 Å². The minimum atomic E-state index is -0.0129. The first-order valence-electron chi connectivity index (χ1n) is 6.23.